The normalized spacial score (nSPS) is 11.9. The molecule has 3 aromatic rings. The first-order chi connectivity index (χ1) is 14.9. The number of anilines is 2. The first-order valence-corrected chi connectivity index (χ1v) is 11.4. The van der Waals surface area contributed by atoms with Crippen molar-refractivity contribution in [2.75, 3.05) is 17.2 Å². The third kappa shape index (κ3) is 5.58. The molecule has 0 aromatic heterocycles. The lowest BCUT2D eigenvalue weighted by atomic mass is 10.2. The molecule has 0 aliphatic heterocycles. The summed E-state index contributed by atoms with van der Waals surface area (Å²) >= 11 is 0. The number of ether oxygens (including phenoxy) is 1. The van der Waals surface area contributed by atoms with Crippen molar-refractivity contribution in [1.29, 1.82) is 0 Å². The number of hydrogen-bond acceptors (Lipinski definition) is 6. The lowest BCUT2D eigenvalue weighted by Crippen LogP contribution is -2.41. The molecule has 1 amide bonds. The fourth-order valence-corrected chi connectivity index (χ4v) is 4.55. The van der Waals surface area contributed by atoms with Crippen LogP contribution in [0, 0.1) is 0 Å². The minimum atomic E-state index is -3.97. The van der Waals surface area contributed by atoms with Crippen LogP contribution < -0.4 is 19.7 Å². The molecule has 0 fully saturated rings. The van der Waals surface area contributed by atoms with Gasteiger partial charge in [-0.3, -0.25) is 4.90 Å². The Morgan fingerprint density at radius 2 is 1.39 bits per heavy atom. The van der Waals surface area contributed by atoms with E-state index in [1.54, 1.807) is 86.6 Å². The molecule has 3 aromatic carbocycles. The Bertz CT molecular complexity index is 983. The van der Waals surface area contributed by atoms with Crippen LogP contribution >= 0.6 is 7.60 Å². The highest BCUT2D eigenvalue weighted by Gasteiger charge is 2.43. The van der Waals surface area contributed by atoms with E-state index in [-0.39, 0.29) is 6.61 Å². The van der Waals surface area contributed by atoms with Crippen LogP contribution in [0.4, 0.5) is 16.2 Å². The predicted octanol–water partition coefficient (Wildman–Crippen LogP) is 5.93. The predicted molar refractivity (Wildman–Crippen MR) is 122 cm³/mol. The molecule has 7 nitrogen and oxygen atoms in total. The van der Waals surface area contributed by atoms with Crippen LogP contribution in [0.3, 0.4) is 0 Å². The number of nitrogen functional groups attached to an aromatic ring is 1. The molecule has 8 heteroatoms. The molecule has 0 saturated carbocycles. The van der Waals surface area contributed by atoms with Gasteiger partial charge in [-0.25, -0.2) is 9.36 Å². The highest BCUT2D eigenvalue weighted by atomic mass is 31.2. The second-order valence-corrected chi connectivity index (χ2v) is 8.83. The van der Waals surface area contributed by atoms with Crippen LogP contribution in [0.2, 0.25) is 0 Å². The van der Waals surface area contributed by atoms with E-state index in [9.17, 15) is 9.36 Å². The number of benzene rings is 3. The maximum Gasteiger partial charge on any atom is 0.453 e. The maximum atomic E-state index is 14.1. The molecule has 0 aliphatic rings. The lowest BCUT2D eigenvalue weighted by molar-refractivity contribution is 0.158. The summed E-state index contributed by atoms with van der Waals surface area (Å²) in [6.07, 6.45) is -0.673. The van der Waals surface area contributed by atoms with E-state index in [0.29, 0.717) is 22.9 Å². The highest BCUT2D eigenvalue weighted by Crippen LogP contribution is 2.54. The minimum absolute atomic E-state index is 0.153. The molecule has 3 rings (SSSR count). The first-order valence-electron chi connectivity index (χ1n) is 9.83. The Hall–Kier alpha value is -3.44. The summed E-state index contributed by atoms with van der Waals surface area (Å²) in [6, 6.07) is 24.0. The van der Waals surface area contributed by atoms with Crippen LogP contribution in [0.25, 0.3) is 0 Å². The largest absolute Gasteiger partial charge is 0.453 e. The number of carbonyl (C=O) groups excluding carboxylic acids is 1. The number of nitrogens with zero attached hydrogens (tertiary/aromatic N) is 1. The number of para-hydroxylation sites is 2. The van der Waals surface area contributed by atoms with Crippen LogP contribution in [0.5, 0.6) is 11.5 Å². The fraction of sp³-hybridized carbons (Fsp3) is 0.174. The summed E-state index contributed by atoms with van der Waals surface area (Å²) in [5.41, 5.74) is 6.77. The Morgan fingerprint density at radius 3 is 1.84 bits per heavy atom. The summed E-state index contributed by atoms with van der Waals surface area (Å²) in [5, 5.41) is 0. The van der Waals surface area contributed by atoms with Crippen LogP contribution in [0.1, 0.15) is 13.8 Å². The molecule has 0 spiro atoms. The second kappa shape index (κ2) is 10.0. The summed E-state index contributed by atoms with van der Waals surface area (Å²) in [7, 11) is -3.97. The first kappa shape index (κ1) is 22.2. The van der Waals surface area contributed by atoms with Gasteiger partial charge in [0.15, 0.2) is 5.78 Å². The SMILES string of the molecule is CCOC(=O)N(c1ccc(N)cc1)C(C)P(=O)(Oc1ccccc1)Oc1ccccc1. The second-order valence-electron chi connectivity index (χ2n) is 6.64. The average Bonchev–Trinajstić information content (AvgIpc) is 2.77. The van der Waals surface area contributed by atoms with Gasteiger partial charge in [0.1, 0.15) is 11.5 Å². The third-order valence-corrected chi connectivity index (χ3v) is 6.50. The standard InChI is InChI=1S/C23H25N2O5P/c1-3-28-23(26)25(20-16-14-19(24)15-17-20)18(2)31(27,29-21-10-6-4-7-11-21)30-22-12-8-5-9-13-22/h4-18H,3,24H2,1-2H3. The minimum Gasteiger partial charge on any atom is -0.449 e. The summed E-state index contributed by atoms with van der Waals surface area (Å²) in [4.78, 5) is 14.1. The molecule has 0 bridgehead atoms. The third-order valence-electron chi connectivity index (χ3n) is 4.42. The van der Waals surface area contributed by atoms with E-state index in [4.69, 9.17) is 19.5 Å². The molecular formula is C23H25N2O5P. The quantitative estimate of drug-likeness (QED) is 0.345. The van der Waals surface area contributed by atoms with Gasteiger partial charge in [-0.05, 0) is 62.4 Å². The van der Waals surface area contributed by atoms with E-state index in [2.05, 4.69) is 0 Å². The van der Waals surface area contributed by atoms with Crippen molar-refractivity contribution in [3.8, 4) is 11.5 Å². The average molecular weight is 440 g/mol. The number of hydrogen-bond donors (Lipinski definition) is 1. The maximum absolute atomic E-state index is 14.1. The number of amides is 1. The summed E-state index contributed by atoms with van der Waals surface area (Å²) in [5.74, 6) is -0.306. The Balaban J connectivity index is 2.03. The van der Waals surface area contributed by atoms with Gasteiger partial charge in [0, 0.05) is 11.4 Å². The topological polar surface area (TPSA) is 91.1 Å². The van der Waals surface area contributed by atoms with Gasteiger partial charge < -0.3 is 19.5 Å². The van der Waals surface area contributed by atoms with Crippen molar-refractivity contribution in [3.05, 3.63) is 84.9 Å². The summed E-state index contributed by atoms with van der Waals surface area (Å²) < 4.78 is 31.1. The Kier molecular flexibility index (Phi) is 7.21. The van der Waals surface area contributed by atoms with E-state index in [1.165, 1.54) is 4.90 Å². The van der Waals surface area contributed by atoms with E-state index in [0.717, 1.165) is 0 Å². The molecule has 0 aliphatic carbocycles. The zero-order valence-electron chi connectivity index (χ0n) is 17.4. The smallest absolute Gasteiger partial charge is 0.449 e. The van der Waals surface area contributed by atoms with Gasteiger partial charge in [0.05, 0.1) is 6.61 Å². The van der Waals surface area contributed by atoms with Gasteiger partial charge >= 0.3 is 13.7 Å². The van der Waals surface area contributed by atoms with Crippen molar-refractivity contribution in [3.63, 3.8) is 0 Å². The molecule has 0 saturated heterocycles. The van der Waals surface area contributed by atoms with Gasteiger partial charge in [-0.1, -0.05) is 36.4 Å². The number of rotatable bonds is 8. The van der Waals surface area contributed by atoms with Crippen molar-refractivity contribution in [2.45, 2.75) is 19.6 Å². The Morgan fingerprint density at radius 1 is 0.903 bits per heavy atom. The Labute approximate surface area is 181 Å². The van der Waals surface area contributed by atoms with Crippen molar-refractivity contribution < 1.29 is 23.1 Å². The van der Waals surface area contributed by atoms with Gasteiger partial charge in [0.2, 0.25) is 0 Å². The molecular weight excluding hydrogens is 415 g/mol. The molecule has 0 radical (unpaired) electrons. The van der Waals surface area contributed by atoms with E-state index < -0.39 is 19.5 Å². The number of nitrogens with two attached hydrogens (primary N) is 1. The van der Waals surface area contributed by atoms with E-state index >= 15 is 0 Å². The van der Waals surface area contributed by atoms with Crippen molar-refractivity contribution in [2.24, 2.45) is 0 Å². The van der Waals surface area contributed by atoms with Crippen LogP contribution in [-0.2, 0) is 9.30 Å². The molecule has 1 atom stereocenters. The van der Waals surface area contributed by atoms with Crippen LogP contribution in [0.15, 0.2) is 84.9 Å². The highest BCUT2D eigenvalue weighted by molar-refractivity contribution is 7.55. The van der Waals surface area contributed by atoms with E-state index in [1.807, 2.05) is 12.1 Å². The van der Waals surface area contributed by atoms with Gasteiger partial charge in [0.25, 0.3) is 0 Å². The van der Waals surface area contributed by atoms with Gasteiger partial charge in [-0.2, -0.15) is 0 Å². The molecule has 2 N–H and O–H groups in total. The summed E-state index contributed by atoms with van der Waals surface area (Å²) in [6.45, 7) is 3.45. The number of carbonyl (C=O) groups is 1. The van der Waals surface area contributed by atoms with Crippen molar-refractivity contribution in [1.82, 2.24) is 0 Å². The van der Waals surface area contributed by atoms with Gasteiger partial charge in [-0.15, -0.1) is 0 Å². The monoisotopic (exact) mass is 440 g/mol. The van der Waals surface area contributed by atoms with Crippen molar-refractivity contribution >= 4 is 25.1 Å². The zero-order chi connectivity index (χ0) is 22.3. The lowest BCUT2D eigenvalue weighted by Gasteiger charge is -2.33. The molecule has 162 valence electrons. The fourth-order valence-electron chi connectivity index (χ4n) is 2.87. The van der Waals surface area contributed by atoms with Crippen LogP contribution in [-0.4, -0.2) is 18.5 Å². The molecule has 31 heavy (non-hydrogen) atoms. The molecule has 0 heterocycles. The molecule has 1 unspecified atom stereocenters. The zero-order valence-corrected chi connectivity index (χ0v) is 18.3.